The van der Waals surface area contributed by atoms with Gasteiger partial charge in [-0.15, -0.1) is 0 Å². The van der Waals surface area contributed by atoms with Gasteiger partial charge in [-0.2, -0.15) is 0 Å². The Kier molecular flexibility index (Phi) is 7.46. The smallest absolute Gasteiger partial charge is 0.0835 e. The van der Waals surface area contributed by atoms with Crippen LogP contribution < -0.4 is 0 Å². The maximum atomic E-state index is 10.7. The molecule has 6 aliphatic rings. The van der Waals surface area contributed by atoms with E-state index in [-0.39, 0.29) is 34.5 Å². The molecule has 0 bridgehead atoms. The Hall–Kier alpha value is -0.320. The first-order chi connectivity index (χ1) is 18.3. The van der Waals surface area contributed by atoms with Gasteiger partial charge in [-0.05, 0) is 62.2 Å². The van der Waals surface area contributed by atoms with Gasteiger partial charge in [-0.1, -0.05) is 41.5 Å². The number of ether oxygens (including phenoxy) is 2. The van der Waals surface area contributed by atoms with Crippen LogP contribution in [0.15, 0.2) is 0 Å². The molecule has 8 nitrogen and oxygen atoms in total. The summed E-state index contributed by atoms with van der Waals surface area (Å²) in [5, 5.41) is 63.8. The van der Waals surface area contributed by atoms with E-state index in [4.69, 9.17) is 9.47 Å². The summed E-state index contributed by atoms with van der Waals surface area (Å²) in [6, 6.07) is 0. The van der Waals surface area contributed by atoms with Gasteiger partial charge >= 0.3 is 0 Å². The van der Waals surface area contributed by atoms with Crippen molar-refractivity contribution >= 4 is 0 Å². The molecule has 0 aromatic carbocycles. The van der Waals surface area contributed by atoms with Crippen molar-refractivity contribution in [1.82, 2.24) is 0 Å². The number of rotatable bonds is 0. The van der Waals surface area contributed by atoms with Crippen molar-refractivity contribution in [3.05, 3.63) is 0 Å². The third kappa shape index (κ3) is 4.21. The number of fused-ring (bicyclic) bond motifs is 6. The summed E-state index contributed by atoms with van der Waals surface area (Å²) in [7, 11) is 0. The third-order valence-corrected chi connectivity index (χ3v) is 13.2. The Labute approximate surface area is 240 Å². The van der Waals surface area contributed by atoms with Crippen LogP contribution >= 0.6 is 0 Å². The topological polar surface area (TPSA) is 140 Å². The van der Waals surface area contributed by atoms with Crippen molar-refractivity contribution in [2.75, 3.05) is 13.2 Å². The van der Waals surface area contributed by atoms with Crippen molar-refractivity contribution in [3.8, 4) is 0 Å². The fourth-order valence-corrected chi connectivity index (χ4v) is 12.0. The lowest BCUT2D eigenvalue weighted by molar-refractivity contribution is -0.241. The number of hydrogen-bond donors (Lipinski definition) is 6. The first-order valence-electron chi connectivity index (χ1n) is 15.6. The van der Waals surface area contributed by atoms with E-state index in [1.165, 1.54) is 0 Å². The lowest BCUT2D eigenvalue weighted by atomic mass is 9.43. The van der Waals surface area contributed by atoms with E-state index in [1.54, 1.807) is 0 Å². The minimum absolute atomic E-state index is 0.00632. The van der Waals surface area contributed by atoms with Crippen molar-refractivity contribution in [2.24, 2.45) is 45.3 Å². The molecule has 6 rings (SSSR count). The molecule has 2 saturated heterocycles. The highest BCUT2D eigenvalue weighted by atomic mass is 16.5. The molecule has 0 amide bonds. The van der Waals surface area contributed by atoms with Crippen molar-refractivity contribution in [2.45, 2.75) is 142 Å². The quantitative estimate of drug-likeness (QED) is 0.262. The second kappa shape index (κ2) is 9.59. The monoisotopic (exact) mass is 568 g/mol. The van der Waals surface area contributed by atoms with Crippen LogP contribution in [0.25, 0.3) is 0 Å². The van der Waals surface area contributed by atoms with Gasteiger partial charge in [0, 0.05) is 35.5 Å². The van der Waals surface area contributed by atoms with Gasteiger partial charge in [0.2, 0.25) is 0 Å². The molecule has 0 spiro atoms. The number of aliphatic hydroxyl groups excluding tert-OH is 6. The van der Waals surface area contributed by atoms with E-state index in [9.17, 15) is 30.6 Å². The maximum absolute atomic E-state index is 10.7. The van der Waals surface area contributed by atoms with E-state index in [1.807, 2.05) is 27.7 Å². The highest BCUT2D eigenvalue weighted by Gasteiger charge is 2.70. The van der Waals surface area contributed by atoms with Gasteiger partial charge in [0.25, 0.3) is 0 Å². The molecule has 4 saturated carbocycles. The number of hydrogen-bond acceptors (Lipinski definition) is 8. The molecule has 2 aliphatic heterocycles. The standard InChI is InChI=1S/2C16H28O4/c2*1-14(2)6-5-11(19)16(4)12(14)9(17)7-15(3)13(16)10(18)8-20-15/h2*9-13,17-19H,5-8H2,1-4H3/t9-,10+,11-,12-,13+,15+,16-;/m0./s1. The van der Waals surface area contributed by atoms with Gasteiger partial charge in [0.05, 0.1) is 61.0 Å². The minimum Gasteiger partial charge on any atom is -0.393 e. The summed E-state index contributed by atoms with van der Waals surface area (Å²) in [4.78, 5) is 0. The van der Waals surface area contributed by atoms with Crippen molar-refractivity contribution in [1.29, 1.82) is 0 Å². The highest BCUT2D eigenvalue weighted by Crippen LogP contribution is 2.66. The molecule has 14 atom stereocenters. The minimum atomic E-state index is -0.552. The summed E-state index contributed by atoms with van der Waals surface area (Å²) in [5.41, 5.74) is -2.11. The normalized spacial score (nSPS) is 58.0. The fourth-order valence-electron chi connectivity index (χ4n) is 12.0. The predicted octanol–water partition coefficient (Wildman–Crippen LogP) is 2.64. The second-order valence-electron chi connectivity index (χ2n) is 16.7. The van der Waals surface area contributed by atoms with Crippen LogP contribution in [-0.2, 0) is 9.47 Å². The van der Waals surface area contributed by atoms with Crippen LogP contribution in [0.3, 0.4) is 0 Å². The van der Waals surface area contributed by atoms with Crippen LogP contribution in [-0.4, -0.2) is 91.7 Å². The van der Waals surface area contributed by atoms with Gasteiger partial charge in [0.1, 0.15) is 0 Å². The van der Waals surface area contributed by atoms with Gasteiger partial charge in [-0.25, -0.2) is 0 Å². The first-order valence-corrected chi connectivity index (χ1v) is 15.6. The largest absolute Gasteiger partial charge is 0.393 e. The maximum Gasteiger partial charge on any atom is 0.0835 e. The SMILES string of the molecule is CC1(C)CCC(O)C2(C)C1C(O)CC1(C)OCC(O)C12.CC1(C)CC[C@H](O)[C@@]2(C)[C@H]1[C@@H](O)C[C@@]1(C)OC[C@@H](O)[C@@H]21. The average molecular weight is 569 g/mol. The van der Waals surface area contributed by atoms with Crippen molar-refractivity contribution < 1.29 is 40.1 Å². The zero-order valence-electron chi connectivity index (χ0n) is 25.9. The Morgan fingerprint density at radius 1 is 0.475 bits per heavy atom. The Bertz CT molecular complexity index is 887. The molecule has 6 N–H and O–H groups in total. The van der Waals surface area contributed by atoms with Crippen molar-refractivity contribution in [3.63, 3.8) is 0 Å². The lowest BCUT2D eigenvalue weighted by Crippen LogP contribution is -2.67. The summed E-state index contributed by atoms with van der Waals surface area (Å²) >= 11 is 0. The molecule has 7 unspecified atom stereocenters. The van der Waals surface area contributed by atoms with E-state index >= 15 is 0 Å². The first kappa shape index (κ1) is 31.1. The highest BCUT2D eigenvalue weighted by molar-refractivity contribution is 5.18. The van der Waals surface area contributed by atoms with Crippen LogP contribution in [0.1, 0.15) is 93.9 Å². The molecule has 2 heterocycles. The molecule has 6 fully saturated rings. The van der Waals surface area contributed by atoms with E-state index < -0.39 is 58.7 Å². The molecule has 0 radical (unpaired) electrons. The molecule has 40 heavy (non-hydrogen) atoms. The zero-order chi connectivity index (χ0) is 29.8. The molecular weight excluding hydrogens is 512 g/mol. The van der Waals surface area contributed by atoms with E-state index in [0.717, 1.165) is 25.7 Å². The van der Waals surface area contributed by atoms with Gasteiger partial charge < -0.3 is 40.1 Å². The second-order valence-corrected chi connectivity index (χ2v) is 16.7. The summed E-state index contributed by atoms with van der Waals surface area (Å²) in [5.74, 6) is -0.239. The summed E-state index contributed by atoms with van der Waals surface area (Å²) < 4.78 is 11.7. The average Bonchev–Trinajstić information content (AvgIpc) is 3.29. The molecule has 0 aromatic heterocycles. The van der Waals surface area contributed by atoms with E-state index in [0.29, 0.717) is 26.1 Å². The molecule has 8 heteroatoms. The number of aliphatic hydroxyl groups is 6. The Balaban J connectivity index is 0.000000161. The fraction of sp³-hybridized carbons (Fsp3) is 1.00. The molecular formula is C32H56O8. The van der Waals surface area contributed by atoms with Crippen LogP contribution in [0.5, 0.6) is 0 Å². The lowest BCUT2D eigenvalue weighted by Gasteiger charge is -2.63. The summed E-state index contributed by atoms with van der Waals surface area (Å²) in [6.07, 6.45) is 1.30. The Morgan fingerprint density at radius 3 is 1.12 bits per heavy atom. The van der Waals surface area contributed by atoms with Crippen LogP contribution in [0.4, 0.5) is 0 Å². The van der Waals surface area contributed by atoms with E-state index in [2.05, 4.69) is 27.7 Å². The zero-order valence-corrected chi connectivity index (χ0v) is 25.9. The Morgan fingerprint density at radius 2 is 0.800 bits per heavy atom. The van der Waals surface area contributed by atoms with Crippen LogP contribution in [0, 0.1) is 45.3 Å². The molecule has 4 aliphatic carbocycles. The third-order valence-electron chi connectivity index (χ3n) is 13.2. The van der Waals surface area contributed by atoms with Gasteiger partial charge in [-0.3, -0.25) is 0 Å². The molecule has 0 aromatic rings. The van der Waals surface area contributed by atoms with Crippen LogP contribution in [0.2, 0.25) is 0 Å². The molecule has 232 valence electrons. The van der Waals surface area contributed by atoms with Gasteiger partial charge in [0.15, 0.2) is 0 Å². The predicted molar refractivity (Wildman–Crippen MR) is 150 cm³/mol. The summed E-state index contributed by atoms with van der Waals surface area (Å²) in [6.45, 7) is 17.4.